The summed E-state index contributed by atoms with van der Waals surface area (Å²) in [6, 6.07) is 6.10. The van der Waals surface area contributed by atoms with Crippen molar-refractivity contribution in [2.45, 2.75) is 44.4 Å². The number of rotatable bonds is 10. The SMILES string of the molecule is O=C(Nc1ccc(OCF)c(N2CCC(F)(F)CC2)c1)c1cnc(NS(=O)(=O)CCO)cc1N1CCC2(CC1)CC2. The molecule has 0 radical (unpaired) electrons. The van der Waals surface area contributed by atoms with Crippen LogP contribution in [0.2, 0.25) is 0 Å². The van der Waals surface area contributed by atoms with Crippen LogP contribution in [-0.4, -0.2) is 75.7 Å². The van der Waals surface area contributed by atoms with Gasteiger partial charge in [0.05, 0.1) is 29.3 Å². The summed E-state index contributed by atoms with van der Waals surface area (Å²) < 4.78 is 72.4. The second-order valence-corrected chi connectivity index (χ2v) is 12.8. The lowest BCUT2D eigenvalue weighted by atomic mass is 9.93. The van der Waals surface area contributed by atoms with Crippen molar-refractivity contribution in [3.8, 4) is 5.75 Å². The minimum Gasteiger partial charge on any atom is -0.461 e. The van der Waals surface area contributed by atoms with Crippen molar-refractivity contribution in [1.29, 1.82) is 0 Å². The van der Waals surface area contributed by atoms with E-state index < -0.39 is 41.1 Å². The number of aromatic nitrogens is 1. The number of benzene rings is 1. The molecule has 1 spiro atoms. The zero-order valence-electron chi connectivity index (χ0n) is 22.5. The van der Waals surface area contributed by atoms with Crippen molar-refractivity contribution < 1.29 is 36.2 Å². The molecule has 3 heterocycles. The molecule has 0 unspecified atom stereocenters. The van der Waals surface area contributed by atoms with Crippen molar-refractivity contribution in [3.63, 3.8) is 0 Å². The van der Waals surface area contributed by atoms with Gasteiger partial charge in [-0.15, -0.1) is 0 Å². The number of hydrogen-bond donors (Lipinski definition) is 3. The van der Waals surface area contributed by atoms with Gasteiger partial charge in [0.2, 0.25) is 16.9 Å². The van der Waals surface area contributed by atoms with Crippen molar-refractivity contribution in [2.75, 3.05) is 65.2 Å². The average Bonchev–Trinajstić information content (AvgIpc) is 3.68. The highest BCUT2D eigenvalue weighted by atomic mass is 32.2. The highest BCUT2D eigenvalue weighted by Crippen LogP contribution is 2.54. The van der Waals surface area contributed by atoms with Crippen LogP contribution in [0.3, 0.4) is 0 Å². The van der Waals surface area contributed by atoms with E-state index in [0.29, 0.717) is 35.6 Å². The second kappa shape index (κ2) is 11.6. The first-order valence-corrected chi connectivity index (χ1v) is 15.3. The molecule has 1 aromatic carbocycles. The van der Waals surface area contributed by atoms with E-state index in [4.69, 9.17) is 9.84 Å². The Hall–Kier alpha value is -3.26. The summed E-state index contributed by atoms with van der Waals surface area (Å²) in [5.74, 6) is -3.54. The first-order valence-electron chi connectivity index (χ1n) is 13.7. The Balaban J connectivity index is 1.40. The van der Waals surface area contributed by atoms with Gasteiger partial charge in [-0.3, -0.25) is 9.52 Å². The number of amides is 1. The van der Waals surface area contributed by atoms with E-state index in [-0.39, 0.29) is 43.1 Å². The molecular formula is C27H34F3N5O5S. The lowest BCUT2D eigenvalue weighted by molar-refractivity contribution is -0.0221. The monoisotopic (exact) mass is 597 g/mol. The minimum atomic E-state index is -3.83. The summed E-state index contributed by atoms with van der Waals surface area (Å²) in [5.41, 5.74) is 1.86. The zero-order chi connectivity index (χ0) is 29.3. The van der Waals surface area contributed by atoms with Crippen molar-refractivity contribution in [2.24, 2.45) is 5.41 Å². The third kappa shape index (κ3) is 6.97. The van der Waals surface area contributed by atoms with E-state index in [1.165, 1.54) is 37.2 Å². The maximum atomic E-state index is 13.7. The number of aliphatic hydroxyl groups is 1. The summed E-state index contributed by atoms with van der Waals surface area (Å²) in [4.78, 5) is 21.4. The number of carbonyl (C=O) groups excluding carboxylic acids is 1. The lowest BCUT2D eigenvalue weighted by Gasteiger charge is -2.35. The van der Waals surface area contributed by atoms with Crippen molar-refractivity contribution in [1.82, 2.24) is 4.98 Å². The molecule has 5 rings (SSSR count). The number of nitrogens with zero attached hydrogens (tertiary/aromatic N) is 3. The van der Waals surface area contributed by atoms with E-state index in [1.807, 2.05) is 4.90 Å². The second-order valence-electron chi connectivity index (χ2n) is 11.0. The molecule has 3 fully saturated rings. The summed E-state index contributed by atoms with van der Waals surface area (Å²) in [7, 11) is -3.83. The van der Waals surface area contributed by atoms with Crippen LogP contribution in [0.15, 0.2) is 30.5 Å². The van der Waals surface area contributed by atoms with Crippen LogP contribution in [0.25, 0.3) is 0 Å². The Bertz CT molecular complexity index is 1370. The predicted molar refractivity (Wildman–Crippen MR) is 149 cm³/mol. The molecule has 10 nitrogen and oxygen atoms in total. The number of alkyl halides is 3. The number of ether oxygens (including phenoxy) is 1. The molecule has 41 heavy (non-hydrogen) atoms. The van der Waals surface area contributed by atoms with Crippen molar-refractivity contribution in [3.05, 3.63) is 36.0 Å². The number of aliphatic hydroxyl groups excluding tert-OH is 1. The van der Waals surface area contributed by atoms with Crippen LogP contribution in [-0.2, 0) is 10.0 Å². The predicted octanol–water partition coefficient (Wildman–Crippen LogP) is 3.99. The summed E-state index contributed by atoms with van der Waals surface area (Å²) in [6.07, 6.45) is 4.92. The molecule has 2 aromatic rings. The maximum absolute atomic E-state index is 13.7. The summed E-state index contributed by atoms with van der Waals surface area (Å²) in [5, 5.41) is 11.9. The van der Waals surface area contributed by atoms with Gasteiger partial charge in [0.1, 0.15) is 11.6 Å². The topological polar surface area (TPSA) is 124 Å². The first-order chi connectivity index (χ1) is 19.5. The third-order valence-electron chi connectivity index (χ3n) is 8.13. The fourth-order valence-electron chi connectivity index (χ4n) is 5.46. The number of piperidine rings is 2. The number of sulfonamides is 1. The van der Waals surface area contributed by atoms with Crippen molar-refractivity contribution >= 4 is 38.8 Å². The van der Waals surface area contributed by atoms with Gasteiger partial charge in [-0.25, -0.2) is 26.6 Å². The van der Waals surface area contributed by atoms with Gasteiger partial charge in [0.15, 0.2) is 0 Å². The van der Waals surface area contributed by atoms with E-state index in [0.717, 1.165) is 12.8 Å². The van der Waals surface area contributed by atoms with Crippen LogP contribution in [0.4, 0.5) is 36.1 Å². The van der Waals surface area contributed by atoms with Crippen LogP contribution in [0.1, 0.15) is 48.9 Å². The number of pyridine rings is 1. The first kappa shape index (κ1) is 29.2. The Morgan fingerprint density at radius 2 is 1.66 bits per heavy atom. The van der Waals surface area contributed by atoms with Crippen LogP contribution >= 0.6 is 0 Å². The fourth-order valence-corrected chi connectivity index (χ4v) is 6.24. The molecule has 224 valence electrons. The molecule has 2 aliphatic heterocycles. The van der Waals surface area contributed by atoms with Gasteiger partial charge >= 0.3 is 0 Å². The third-order valence-corrected chi connectivity index (χ3v) is 9.37. The van der Waals surface area contributed by atoms with Crippen LogP contribution in [0.5, 0.6) is 5.75 Å². The lowest BCUT2D eigenvalue weighted by Crippen LogP contribution is -2.39. The van der Waals surface area contributed by atoms with Crippen LogP contribution in [0, 0.1) is 5.41 Å². The molecule has 1 amide bonds. The largest absolute Gasteiger partial charge is 0.461 e. The normalized spacial score (nSPS) is 19.6. The van der Waals surface area contributed by atoms with Gasteiger partial charge in [-0.05, 0) is 49.3 Å². The molecular weight excluding hydrogens is 563 g/mol. The number of carbonyl (C=O) groups is 1. The smallest absolute Gasteiger partial charge is 0.259 e. The number of nitrogens with one attached hydrogen (secondary N) is 2. The van der Waals surface area contributed by atoms with Gasteiger partial charge in [-0.2, -0.15) is 0 Å². The van der Waals surface area contributed by atoms with E-state index >= 15 is 0 Å². The molecule has 0 bridgehead atoms. The Morgan fingerprint density at radius 1 is 1.00 bits per heavy atom. The molecule has 3 aliphatic rings. The number of halogens is 3. The Labute approximate surface area is 236 Å². The van der Waals surface area contributed by atoms with Gasteiger partial charge in [0.25, 0.3) is 11.8 Å². The van der Waals surface area contributed by atoms with Crippen LogP contribution < -0.4 is 24.6 Å². The van der Waals surface area contributed by atoms with E-state index in [1.54, 1.807) is 11.0 Å². The number of hydrogen-bond acceptors (Lipinski definition) is 8. The Kier molecular flexibility index (Phi) is 8.24. The minimum absolute atomic E-state index is 0.0358. The van der Waals surface area contributed by atoms with E-state index in [2.05, 4.69) is 15.0 Å². The number of anilines is 4. The fraction of sp³-hybridized carbons (Fsp3) is 0.556. The molecule has 0 atom stereocenters. The highest BCUT2D eigenvalue weighted by molar-refractivity contribution is 7.92. The molecule has 2 saturated heterocycles. The summed E-state index contributed by atoms with van der Waals surface area (Å²) in [6.45, 7) is -0.147. The standard InChI is InChI=1S/C27H34F3N5O5S/c28-18-40-23-2-1-19(15-22(23)35-11-7-27(29,30)8-12-35)32-25(37)20-17-31-24(33-41(38,39)14-13-36)16-21(20)34-9-5-26(3-4-26)6-10-34/h1-2,15-17,36H,3-14,18H2,(H,31,33)(H,32,37). The molecule has 1 aliphatic carbocycles. The molecule has 1 aromatic heterocycles. The van der Waals surface area contributed by atoms with Gasteiger partial charge in [0, 0.05) is 57.0 Å². The molecule has 3 N–H and O–H groups in total. The van der Waals surface area contributed by atoms with Gasteiger partial charge < -0.3 is 25.0 Å². The quantitative estimate of drug-likeness (QED) is 0.376. The highest BCUT2D eigenvalue weighted by Gasteiger charge is 2.44. The summed E-state index contributed by atoms with van der Waals surface area (Å²) >= 11 is 0. The Morgan fingerprint density at radius 3 is 2.29 bits per heavy atom. The van der Waals surface area contributed by atoms with Gasteiger partial charge in [-0.1, -0.05) is 0 Å². The maximum Gasteiger partial charge on any atom is 0.259 e. The molecule has 1 saturated carbocycles. The average molecular weight is 598 g/mol. The van der Waals surface area contributed by atoms with E-state index in [9.17, 15) is 26.4 Å². The molecule has 14 heteroatoms. The zero-order valence-corrected chi connectivity index (χ0v) is 23.4.